The van der Waals surface area contributed by atoms with Crippen LogP contribution in [0.15, 0.2) is 23.8 Å². The molecule has 5 heteroatoms. The van der Waals surface area contributed by atoms with Crippen molar-refractivity contribution in [3.63, 3.8) is 0 Å². The fourth-order valence-corrected chi connectivity index (χ4v) is 5.08. The number of fused-ring (bicyclic) bond motifs is 1. The number of hydrogen-bond donors (Lipinski definition) is 2. The maximum Gasteiger partial charge on any atom is 0.255 e. The highest BCUT2D eigenvalue weighted by Gasteiger charge is 2.41. The molecular weight excluding hydrogens is 360 g/mol. The van der Waals surface area contributed by atoms with Crippen molar-refractivity contribution in [3.8, 4) is 5.75 Å². The van der Waals surface area contributed by atoms with Crippen LogP contribution < -0.4 is 15.4 Å². The van der Waals surface area contributed by atoms with Gasteiger partial charge in [-0.2, -0.15) is 0 Å². The maximum atomic E-state index is 13.4. The molecule has 0 bridgehead atoms. The molecule has 0 aromatic heterocycles. The summed E-state index contributed by atoms with van der Waals surface area (Å²) < 4.78 is 5.95. The lowest BCUT2D eigenvalue weighted by molar-refractivity contribution is 0.0897. The summed E-state index contributed by atoms with van der Waals surface area (Å²) in [6.07, 6.45) is 10.0. The Morgan fingerprint density at radius 3 is 2.89 bits per heavy atom. The van der Waals surface area contributed by atoms with E-state index in [1.807, 2.05) is 13.0 Å². The lowest BCUT2D eigenvalue weighted by atomic mass is 9.78. The number of nitrogens with one attached hydrogen (secondary N) is 2. The summed E-state index contributed by atoms with van der Waals surface area (Å²) in [4.78, 5) is 13.4. The molecule has 0 radical (unpaired) electrons. The van der Waals surface area contributed by atoms with Gasteiger partial charge in [-0.3, -0.25) is 4.79 Å². The molecule has 0 spiro atoms. The fourth-order valence-electron chi connectivity index (χ4n) is 4.84. The van der Waals surface area contributed by atoms with Crippen molar-refractivity contribution < 1.29 is 9.53 Å². The van der Waals surface area contributed by atoms with Gasteiger partial charge in [0.15, 0.2) is 0 Å². The van der Waals surface area contributed by atoms with Crippen molar-refractivity contribution >= 4 is 17.5 Å². The topological polar surface area (TPSA) is 50.4 Å². The van der Waals surface area contributed by atoms with Crippen LogP contribution in [-0.2, 0) is 6.42 Å². The van der Waals surface area contributed by atoms with Crippen LogP contribution in [0.4, 0.5) is 0 Å². The highest BCUT2D eigenvalue weighted by Crippen LogP contribution is 2.37. The minimum Gasteiger partial charge on any atom is -0.489 e. The molecule has 2 heterocycles. The Balaban J connectivity index is 1.66. The van der Waals surface area contributed by atoms with E-state index in [0.29, 0.717) is 16.3 Å². The number of halogens is 1. The lowest BCUT2D eigenvalue weighted by Crippen LogP contribution is -2.59. The summed E-state index contributed by atoms with van der Waals surface area (Å²) in [5.41, 5.74) is 2.56. The number of hydrogen-bond acceptors (Lipinski definition) is 3. The molecule has 0 saturated carbocycles. The Morgan fingerprint density at radius 2 is 2.19 bits per heavy atom. The molecule has 3 unspecified atom stereocenters. The summed E-state index contributed by atoms with van der Waals surface area (Å²) in [6.45, 7) is 5.21. The highest BCUT2D eigenvalue weighted by atomic mass is 35.5. The summed E-state index contributed by atoms with van der Waals surface area (Å²) in [5, 5.41) is 7.59. The van der Waals surface area contributed by atoms with Crippen LogP contribution in [0.2, 0.25) is 5.02 Å². The number of benzene rings is 1. The number of amides is 1. The molecule has 27 heavy (non-hydrogen) atoms. The van der Waals surface area contributed by atoms with E-state index in [0.717, 1.165) is 44.2 Å². The van der Waals surface area contributed by atoms with Gasteiger partial charge in [-0.05, 0) is 76.6 Å². The van der Waals surface area contributed by atoms with E-state index in [1.165, 1.54) is 18.4 Å². The van der Waals surface area contributed by atoms with Gasteiger partial charge in [0.1, 0.15) is 11.9 Å². The second kappa shape index (κ2) is 7.48. The average Bonchev–Trinajstić information content (AvgIpc) is 3.31. The van der Waals surface area contributed by atoms with E-state index in [9.17, 15) is 4.79 Å². The van der Waals surface area contributed by atoms with Crippen LogP contribution in [0, 0.1) is 0 Å². The molecule has 1 aliphatic carbocycles. The monoisotopic (exact) mass is 388 g/mol. The Bertz CT molecular complexity index is 770. The van der Waals surface area contributed by atoms with E-state index in [1.54, 1.807) is 6.07 Å². The number of allylic oxidation sites excluding steroid dienone is 1. The molecule has 4 rings (SSSR count). The predicted molar refractivity (Wildman–Crippen MR) is 109 cm³/mol. The predicted octanol–water partition coefficient (Wildman–Crippen LogP) is 4.40. The first-order valence-corrected chi connectivity index (χ1v) is 10.6. The average molecular weight is 389 g/mol. The molecule has 2 aliphatic heterocycles. The first kappa shape index (κ1) is 18.8. The normalized spacial score (nSPS) is 26.7. The molecule has 1 saturated heterocycles. The largest absolute Gasteiger partial charge is 0.489 e. The third kappa shape index (κ3) is 3.62. The first-order chi connectivity index (χ1) is 13.0. The molecule has 1 amide bonds. The van der Waals surface area contributed by atoms with Gasteiger partial charge >= 0.3 is 0 Å². The van der Waals surface area contributed by atoms with Gasteiger partial charge in [-0.1, -0.05) is 17.7 Å². The highest BCUT2D eigenvalue weighted by molar-refractivity contribution is 6.31. The van der Waals surface area contributed by atoms with Crippen molar-refractivity contribution in [2.75, 3.05) is 6.54 Å². The molecule has 2 N–H and O–H groups in total. The third-order valence-corrected chi connectivity index (χ3v) is 6.51. The molecule has 1 fully saturated rings. The Labute approximate surface area is 166 Å². The second-order valence-electron chi connectivity index (χ2n) is 8.35. The fraction of sp³-hybridized carbons (Fsp3) is 0.591. The van der Waals surface area contributed by atoms with E-state index >= 15 is 0 Å². The van der Waals surface area contributed by atoms with Crippen molar-refractivity contribution in [3.05, 3.63) is 39.9 Å². The van der Waals surface area contributed by atoms with Crippen LogP contribution in [0.1, 0.15) is 68.3 Å². The van der Waals surface area contributed by atoms with Crippen LogP contribution in [0.3, 0.4) is 0 Å². The van der Waals surface area contributed by atoms with Gasteiger partial charge in [0.25, 0.3) is 5.91 Å². The van der Waals surface area contributed by atoms with Crippen LogP contribution in [0.25, 0.3) is 0 Å². The SMILES string of the molecule is CC1Cc2cc(Cl)cc(C(=O)NC(C)(C3=CCCCC3)C3CCCN3)c2O1. The number of carbonyl (C=O) groups excluding carboxylic acids is 1. The van der Waals surface area contributed by atoms with Gasteiger partial charge in [0.05, 0.1) is 11.1 Å². The summed E-state index contributed by atoms with van der Waals surface area (Å²) >= 11 is 6.31. The van der Waals surface area contributed by atoms with Crippen molar-refractivity contribution in [2.45, 2.75) is 76.5 Å². The Hall–Kier alpha value is -1.52. The molecule has 1 aromatic carbocycles. The molecule has 3 atom stereocenters. The van der Waals surface area contributed by atoms with Crippen LogP contribution >= 0.6 is 11.6 Å². The molecule has 3 aliphatic rings. The van der Waals surface area contributed by atoms with Gasteiger partial charge in [-0.25, -0.2) is 0 Å². The van der Waals surface area contributed by atoms with Crippen molar-refractivity contribution in [1.29, 1.82) is 0 Å². The van der Waals surface area contributed by atoms with Crippen LogP contribution in [0.5, 0.6) is 5.75 Å². The van der Waals surface area contributed by atoms with E-state index in [2.05, 4.69) is 23.6 Å². The number of ether oxygens (including phenoxy) is 1. The van der Waals surface area contributed by atoms with E-state index in [-0.39, 0.29) is 23.6 Å². The molecular formula is C22H29ClN2O2. The summed E-state index contributed by atoms with van der Waals surface area (Å²) in [6, 6.07) is 3.92. The quantitative estimate of drug-likeness (QED) is 0.751. The molecule has 146 valence electrons. The number of carbonyl (C=O) groups is 1. The third-order valence-electron chi connectivity index (χ3n) is 6.29. The standard InChI is InChI=1S/C22H29ClN2O2/c1-14-11-15-12-17(23)13-18(20(15)27-14)21(26)25-22(2,19-9-6-10-24-19)16-7-4-3-5-8-16/h7,12-14,19,24H,3-6,8-11H2,1-2H3,(H,25,26). The van der Waals surface area contributed by atoms with E-state index < -0.39 is 0 Å². The minimum atomic E-state index is -0.382. The smallest absolute Gasteiger partial charge is 0.255 e. The van der Waals surface area contributed by atoms with Gasteiger partial charge in [-0.15, -0.1) is 0 Å². The summed E-state index contributed by atoms with van der Waals surface area (Å²) in [7, 11) is 0. The Kier molecular flexibility index (Phi) is 5.21. The van der Waals surface area contributed by atoms with Gasteiger partial charge < -0.3 is 15.4 Å². The minimum absolute atomic E-state index is 0.0777. The van der Waals surface area contributed by atoms with E-state index in [4.69, 9.17) is 16.3 Å². The first-order valence-electron chi connectivity index (χ1n) is 10.2. The number of rotatable bonds is 4. The van der Waals surface area contributed by atoms with Gasteiger partial charge in [0.2, 0.25) is 0 Å². The molecule has 1 aromatic rings. The van der Waals surface area contributed by atoms with Crippen molar-refractivity contribution in [1.82, 2.24) is 10.6 Å². The zero-order valence-electron chi connectivity index (χ0n) is 16.2. The van der Waals surface area contributed by atoms with Crippen molar-refractivity contribution in [2.24, 2.45) is 0 Å². The second-order valence-corrected chi connectivity index (χ2v) is 8.79. The lowest BCUT2D eigenvalue weighted by Gasteiger charge is -2.40. The van der Waals surface area contributed by atoms with Crippen LogP contribution in [-0.4, -0.2) is 30.1 Å². The zero-order valence-corrected chi connectivity index (χ0v) is 17.0. The molecule has 4 nitrogen and oxygen atoms in total. The zero-order chi connectivity index (χ0) is 19.0. The van der Waals surface area contributed by atoms with Gasteiger partial charge in [0, 0.05) is 23.0 Å². The maximum absolute atomic E-state index is 13.4. The Morgan fingerprint density at radius 1 is 1.33 bits per heavy atom. The summed E-state index contributed by atoms with van der Waals surface area (Å²) in [5.74, 6) is 0.606.